The molecule has 0 unspecified atom stereocenters. The van der Waals surface area contributed by atoms with Crippen molar-refractivity contribution in [1.82, 2.24) is 0 Å². The molecule has 0 radical (unpaired) electrons. The number of carboxylic acid groups (broad SMARTS) is 1. The Morgan fingerprint density at radius 2 is 2.25 bits per heavy atom. The minimum Gasteiger partial charge on any atom is -0.478 e. The first-order valence-corrected chi connectivity index (χ1v) is 6.78. The van der Waals surface area contributed by atoms with Gasteiger partial charge >= 0.3 is 5.97 Å². The fraction of sp³-hybridized carbons (Fsp3) is 0.417. The number of hydrogen-bond acceptors (Lipinski definition) is 2. The molecule has 0 aliphatic rings. The van der Waals surface area contributed by atoms with E-state index < -0.39 is 5.97 Å². The van der Waals surface area contributed by atoms with E-state index in [0.29, 0.717) is 5.02 Å². The average molecular weight is 259 g/mol. The van der Waals surface area contributed by atoms with Crippen molar-refractivity contribution in [1.29, 1.82) is 0 Å². The molecule has 0 aromatic heterocycles. The summed E-state index contributed by atoms with van der Waals surface area (Å²) in [7, 11) is 0. The summed E-state index contributed by atoms with van der Waals surface area (Å²) in [5, 5.41) is 9.33. The Bertz CT molecular complexity index is 366. The lowest BCUT2D eigenvalue weighted by atomic mass is 10.1. The Morgan fingerprint density at radius 1 is 1.50 bits per heavy atom. The Labute approximate surface area is 105 Å². The van der Waals surface area contributed by atoms with E-state index in [2.05, 4.69) is 6.92 Å². The van der Waals surface area contributed by atoms with Gasteiger partial charge in [0.05, 0.1) is 5.56 Å². The summed E-state index contributed by atoms with van der Waals surface area (Å²) in [4.78, 5) is 10.7. The molecule has 0 heterocycles. The predicted octanol–water partition coefficient (Wildman–Crippen LogP) is 4.07. The number of hydrogen-bond donors (Lipinski definition) is 1. The van der Waals surface area contributed by atoms with Gasteiger partial charge in [0.2, 0.25) is 0 Å². The molecule has 0 atom stereocenters. The minimum absolute atomic E-state index is 0.243. The third-order valence-corrected chi connectivity index (χ3v) is 3.64. The van der Waals surface area contributed by atoms with Crippen LogP contribution in [0.4, 0.5) is 0 Å². The second-order valence-electron chi connectivity index (χ2n) is 3.52. The number of halogens is 1. The van der Waals surface area contributed by atoms with Crippen LogP contribution in [0.1, 0.15) is 35.7 Å². The van der Waals surface area contributed by atoms with Crippen LogP contribution >= 0.6 is 23.4 Å². The highest BCUT2D eigenvalue weighted by molar-refractivity contribution is 7.98. The van der Waals surface area contributed by atoms with Gasteiger partial charge in [-0.3, -0.25) is 0 Å². The van der Waals surface area contributed by atoms with Crippen LogP contribution in [0.2, 0.25) is 5.02 Å². The lowest BCUT2D eigenvalue weighted by Crippen LogP contribution is -1.96. The van der Waals surface area contributed by atoms with E-state index in [1.54, 1.807) is 12.1 Å². The maximum atomic E-state index is 10.7. The molecular formula is C12H15ClO2S. The Morgan fingerprint density at radius 3 is 2.81 bits per heavy atom. The second kappa shape index (κ2) is 6.81. The zero-order valence-corrected chi connectivity index (χ0v) is 10.8. The molecule has 1 aromatic rings. The van der Waals surface area contributed by atoms with Crippen molar-refractivity contribution in [2.45, 2.75) is 25.5 Å². The second-order valence-corrected chi connectivity index (χ2v) is 5.03. The smallest absolute Gasteiger partial charge is 0.335 e. The highest BCUT2D eigenvalue weighted by Gasteiger charge is 2.06. The summed E-state index contributed by atoms with van der Waals surface area (Å²) >= 11 is 7.84. The molecule has 1 rings (SSSR count). The van der Waals surface area contributed by atoms with E-state index in [1.807, 2.05) is 11.8 Å². The van der Waals surface area contributed by atoms with Crippen LogP contribution in [0.3, 0.4) is 0 Å². The molecule has 4 heteroatoms. The molecule has 88 valence electrons. The monoisotopic (exact) mass is 258 g/mol. The van der Waals surface area contributed by atoms with Crippen LogP contribution in [0.15, 0.2) is 18.2 Å². The summed E-state index contributed by atoms with van der Waals surface area (Å²) in [6.07, 6.45) is 2.40. The quantitative estimate of drug-likeness (QED) is 0.782. The van der Waals surface area contributed by atoms with Crippen molar-refractivity contribution >= 4 is 29.3 Å². The van der Waals surface area contributed by atoms with E-state index in [9.17, 15) is 4.79 Å². The van der Waals surface area contributed by atoms with Gasteiger partial charge < -0.3 is 5.11 Å². The topological polar surface area (TPSA) is 37.3 Å². The van der Waals surface area contributed by atoms with Gasteiger partial charge in [0.15, 0.2) is 0 Å². The molecule has 0 aliphatic carbocycles. The fourth-order valence-electron chi connectivity index (χ4n) is 1.23. The summed E-state index contributed by atoms with van der Waals surface area (Å²) in [5.74, 6) is 1.03. The van der Waals surface area contributed by atoms with Crippen molar-refractivity contribution in [3.63, 3.8) is 0 Å². The van der Waals surface area contributed by atoms with Gasteiger partial charge in [0.1, 0.15) is 0 Å². The van der Waals surface area contributed by atoms with Gasteiger partial charge in [-0.25, -0.2) is 4.79 Å². The van der Waals surface area contributed by atoms with Gasteiger partial charge in [-0.1, -0.05) is 31.0 Å². The van der Waals surface area contributed by atoms with E-state index in [-0.39, 0.29) is 5.56 Å². The Hall–Kier alpha value is -0.670. The van der Waals surface area contributed by atoms with Crippen LogP contribution in [0, 0.1) is 0 Å². The third-order valence-electron chi connectivity index (χ3n) is 2.20. The minimum atomic E-state index is -0.938. The number of rotatable bonds is 6. The van der Waals surface area contributed by atoms with Crippen molar-refractivity contribution in [2.24, 2.45) is 0 Å². The molecule has 0 saturated carbocycles. The number of aromatic carboxylic acids is 1. The zero-order chi connectivity index (χ0) is 12.0. The standard InChI is InChI=1S/C12H15ClO2S/c1-2-3-6-16-8-10-5-4-9(12(14)15)7-11(10)13/h4-5,7H,2-3,6,8H2,1H3,(H,14,15). The van der Waals surface area contributed by atoms with Crippen LogP contribution < -0.4 is 0 Å². The number of carboxylic acids is 1. The predicted molar refractivity (Wildman–Crippen MR) is 69.5 cm³/mol. The maximum absolute atomic E-state index is 10.7. The number of unbranched alkanes of at least 4 members (excludes halogenated alkanes) is 1. The number of thioether (sulfide) groups is 1. The molecule has 1 aromatic carbocycles. The molecule has 1 N–H and O–H groups in total. The first-order valence-electron chi connectivity index (χ1n) is 5.24. The highest BCUT2D eigenvalue weighted by Crippen LogP contribution is 2.23. The summed E-state index contributed by atoms with van der Waals surface area (Å²) in [6.45, 7) is 2.16. The molecule has 16 heavy (non-hydrogen) atoms. The van der Waals surface area contributed by atoms with Crippen molar-refractivity contribution in [3.8, 4) is 0 Å². The molecule has 0 fully saturated rings. The highest BCUT2D eigenvalue weighted by atomic mass is 35.5. The van der Waals surface area contributed by atoms with Gasteiger partial charge in [0, 0.05) is 10.8 Å². The van der Waals surface area contributed by atoms with Gasteiger partial charge in [-0.15, -0.1) is 0 Å². The molecule has 2 nitrogen and oxygen atoms in total. The Kier molecular flexibility index (Phi) is 5.71. The van der Waals surface area contributed by atoms with Gasteiger partial charge in [-0.05, 0) is 29.9 Å². The molecule has 0 amide bonds. The van der Waals surface area contributed by atoms with Gasteiger partial charge in [-0.2, -0.15) is 11.8 Å². The molecule has 0 saturated heterocycles. The third kappa shape index (κ3) is 4.06. The zero-order valence-electron chi connectivity index (χ0n) is 9.20. The first-order chi connectivity index (χ1) is 7.65. The molecule has 0 spiro atoms. The largest absolute Gasteiger partial charge is 0.478 e. The molecule has 0 aliphatic heterocycles. The van der Waals surface area contributed by atoms with Crippen LogP contribution in [-0.4, -0.2) is 16.8 Å². The van der Waals surface area contributed by atoms with E-state index in [1.165, 1.54) is 18.9 Å². The SMILES string of the molecule is CCCCSCc1ccc(C(=O)O)cc1Cl. The number of benzene rings is 1. The van der Waals surface area contributed by atoms with Crippen LogP contribution in [0.25, 0.3) is 0 Å². The van der Waals surface area contributed by atoms with E-state index >= 15 is 0 Å². The first kappa shape index (κ1) is 13.4. The lowest BCUT2D eigenvalue weighted by molar-refractivity contribution is 0.0697. The van der Waals surface area contributed by atoms with Crippen molar-refractivity contribution in [2.75, 3.05) is 5.75 Å². The molecular weight excluding hydrogens is 244 g/mol. The van der Waals surface area contributed by atoms with E-state index in [4.69, 9.17) is 16.7 Å². The van der Waals surface area contributed by atoms with Crippen LogP contribution in [-0.2, 0) is 5.75 Å². The maximum Gasteiger partial charge on any atom is 0.335 e. The van der Waals surface area contributed by atoms with Crippen molar-refractivity contribution in [3.05, 3.63) is 34.3 Å². The number of carbonyl (C=O) groups is 1. The molecule has 0 bridgehead atoms. The van der Waals surface area contributed by atoms with Gasteiger partial charge in [0.25, 0.3) is 0 Å². The summed E-state index contributed by atoms with van der Waals surface area (Å²) in [6, 6.07) is 4.91. The fourth-order valence-corrected chi connectivity index (χ4v) is 2.66. The van der Waals surface area contributed by atoms with E-state index in [0.717, 1.165) is 17.1 Å². The van der Waals surface area contributed by atoms with Crippen LogP contribution in [0.5, 0.6) is 0 Å². The van der Waals surface area contributed by atoms with Crippen molar-refractivity contribution < 1.29 is 9.90 Å². The lowest BCUT2D eigenvalue weighted by Gasteiger charge is -2.05. The Balaban J connectivity index is 2.57. The average Bonchev–Trinajstić information content (AvgIpc) is 2.26. The summed E-state index contributed by atoms with van der Waals surface area (Å²) < 4.78 is 0. The summed E-state index contributed by atoms with van der Waals surface area (Å²) in [5.41, 5.74) is 1.25. The normalized spacial score (nSPS) is 10.4.